The summed E-state index contributed by atoms with van der Waals surface area (Å²) in [7, 11) is 0. The monoisotopic (exact) mass is 546 g/mol. The predicted molar refractivity (Wildman–Crippen MR) is 128 cm³/mol. The molecule has 0 N–H and O–H groups in total. The molecule has 0 unspecified atom stereocenters. The summed E-state index contributed by atoms with van der Waals surface area (Å²) in [6.45, 7) is 0. The van der Waals surface area contributed by atoms with Crippen molar-refractivity contribution in [2.24, 2.45) is 11.8 Å². The van der Waals surface area contributed by atoms with Crippen molar-refractivity contribution in [3.05, 3.63) is 104 Å². The van der Waals surface area contributed by atoms with Crippen LogP contribution in [0.5, 0.6) is 0 Å². The minimum atomic E-state index is -2.17. The predicted octanol–water partition coefficient (Wildman–Crippen LogP) is 4.05. The third-order valence-electron chi connectivity index (χ3n) is 7.04. The lowest BCUT2D eigenvalue weighted by atomic mass is 9.77. The fourth-order valence-electron chi connectivity index (χ4n) is 5.45. The van der Waals surface area contributed by atoms with Crippen LogP contribution in [0.1, 0.15) is 32.4 Å². The van der Waals surface area contributed by atoms with Gasteiger partial charge in [0.05, 0.1) is 28.6 Å². The summed E-state index contributed by atoms with van der Waals surface area (Å²) >= 11 is 3.36. The highest BCUT2D eigenvalue weighted by molar-refractivity contribution is 9.10. The summed E-state index contributed by atoms with van der Waals surface area (Å²) in [6.07, 6.45) is -1.04. The number of imide groups is 1. The molecule has 10 heteroatoms. The van der Waals surface area contributed by atoms with Crippen LogP contribution in [0.3, 0.4) is 0 Å². The van der Waals surface area contributed by atoms with E-state index in [2.05, 4.69) is 15.9 Å². The molecule has 178 valence electrons. The number of rotatable bonds is 3. The van der Waals surface area contributed by atoms with Gasteiger partial charge in [-0.15, -0.1) is 0 Å². The smallest absolute Gasteiger partial charge is 0.269 e. The number of carbonyl (C=O) groups excluding carboxylic acids is 4. The lowest BCUT2D eigenvalue weighted by molar-refractivity contribution is -0.384. The van der Waals surface area contributed by atoms with Crippen molar-refractivity contribution < 1.29 is 28.8 Å². The Balaban J connectivity index is 1.51. The number of anilines is 1. The molecule has 2 heterocycles. The van der Waals surface area contributed by atoms with Gasteiger partial charge in [0.1, 0.15) is 0 Å². The molecular formula is C26H15BrN2O7. The van der Waals surface area contributed by atoms with Crippen molar-refractivity contribution in [3.8, 4) is 0 Å². The van der Waals surface area contributed by atoms with E-state index in [-0.39, 0.29) is 22.5 Å². The zero-order valence-electron chi connectivity index (χ0n) is 18.3. The Hall–Kier alpha value is -4.02. The molecule has 1 aliphatic carbocycles. The van der Waals surface area contributed by atoms with Crippen LogP contribution in [0.15, 0.2) is 77.3 Å². The Morgan fingerprint density at radius 1 is 0.833 bits per heavy atom. The van der Waals surface area contributed by atoms with E-state index in [0.29, 0.717) is 5.56 Å². The number of hydrogen-bond donors (Lipinski definition) is 0. The number of halogens is 1. The summed E-state index contributed by atoms with van der Waals surface area (Å²) in [5.74, 6) is -5.22. The number of benzene rings is 3. The van der Waals surface area contributed by atoms with Crippen LogP contribution in [-0.4, -0.2) is 33.9 Å². The minimum Gasteiger partial charge on any atom is -0.349 e. The summed E-state index contributed by atoms with van der Waals surface area (Å²) in [6, 6.07) is 18.1. The Labute approximate surface area is 211 Å². The van der Waals surface area contributed by atoms with Crippen molar-refractivity contribution >= 4 is 50.7 Å². The maximum Gasteiger partial charge on any atom is 0.269 e. The summed E-state index contributed by atoms with van der Waals surface area (Å²) < 4.78 is 6.99. The van der Waals surface area contributed by atoms with Gasteiger partial charge >= 0.3 is 0 Å². The molecule has 1 spiro atoms. The summed E-state index contributed by atoms with van der Waals surface area (Å²) in [5.41, 5.74) is -1.44. The van der Waals surface area contributed by atoms with Gasteiger partial charge in [-0.3, -0.25) is 29.3 Å². The largest absolute Gasteiger partial charge is 0.349 e. The van der Waals surface area contributed by atoms with Crippen LogP contribution in [0.25, 0.3) is 0 Å². The number of ether oxygens (including phenoxy) is 1. The first-order valence-electron chi connectivity index (χ1n) is 11.0. The normalized spacial score (nSPS) is 23.9. The number of carbonyl (C=O) groups is 4. The van der Waals surface area contributed by atoms with Crippen molar-refractivity contribution in [2.45, 2.75) is 11.7 Å². The van der Waals surface area contributed by atoms with Gasteiger partial charge in [-0.2, -0.15) is 0 Å². The molecule has 3 atom stereocenters. The van der Waals surface area contributed by atoms with Gasteiger partial charge in [-0.25, -0.2) is 4.90 Å². The minimum absolute atomic E-state index is 0.116. The average molecular weight is 547 g/mol. The zero-order chi connectivity index (χ0) is 25.4. The molecule has 9 nitrogen and oxygen atoms in total. The number of nitro groups is 1. The first kappa shape index (κ1) is 22.4. The van der Waals surface area contributed by atoms with Crippen LogP contribution in [0.4, 0.5) is 11.4 Å². The van der Waals surface area contributed by atoms with Crippen LogP contribution in [0, 0.1) is 22.0 Å². The molecular weight excluding hydrogens is 532 g/mol. The van der Waals surface area contributed by atoms with E-state index in [4.69, 9.17) is 4.74 Å². The number of amides is 2. The number of Topliss-reactive ketones (excluding diaryl/α,β-unsaturated/α-hetero) is 2. The number of nitrogens with zero attached hydrogens (tertiary/aromatic N) is 2. The standard InChI is InChI=1S/C26H15BrN2O7/c27-14-7-5-13(6-8-14)21-19-20(26(36-21)22(30)17-3-1-2-4-18(17)23(26)31)25(33)28(24(19)32)15-9-11-16(12-10-15)29(34)35/h1-12,19-21H/t19-,20-,21+/m1/s1. The number of non-ortho nitro benzene ring substituents is 1. The van der Waals surface area contributed by atoms with E-state index in [1.807, 2.05) is 0 Å². The topological polar surface area (TPSA) is 124 Å². The SMILES string of the molecule is O=C1[C@H]2[C@H](c3ccc(Br)cc3)OC3(C(=O)c4ccccc4C3=O)[C@H]2C(=O)N1c1ccc([N+](=O)[O-])cc1. The molecule has 0 radical (unpaired) electrons. The molecule has 3 aliphatic rings. The first-order valence-corrected chi connectivity index (χ1v) is 11.8. The van der Waals surface area contributed by atoms with Crippen molar-refractivity contribution in [2.75, 3.05) is 4.90 Å². The van der Waals surface area contributed by atoms with Crippen molar-refractivity contribution in [3.63, 3.8) is 0 Å². The van der Waals surface area contributed by atoms with E-state index in [9.17, 15) is 29.3 Å². The molecule has 2 saturated heterocycles. The molecule has 0 aromatic heterocycles. The second-order valence-corrected chi connectivity index (χ2v) is 9.73. The zero-order valence-corrected chi connectivity index (χ0v) is 19.9. The Morgan fingerprint density at radius 2 is 1.42 bits per heavy atom. The Kier molecular flexibility index (Phi) is 4.83. The molecule has 0 saturated carbocycles. The number of ketones is 2. The Morgan fingerprint density at radius 3 is 1.97 bits per heavy atom. The van der Waals surface area contributed by atoms with Gasteiger partial charge in [-0.1, -0.05) is 52.3 Å². The molecule has 2 amide bonds. The maximum atomic E-state index is 13.8. The quantitative estimate of drug-likeness (QED) is 0.210. The van der Waals surface area contributed by atoms with Crippen LogP contribution < -0.4 is 4.90 Å². The van der Waals surface area contributed by atoms with Gasteiger partial charge in [0.25, 0.3) is 5.69 Å². The molecule has 2 aliphatic heterocycles. The second-order valence-electron chi connectivity index (χ2n) is 8.82. The van der Waals surface area contributed by atoms with Crippen molar-refractivity contribution in [1.29, 1.82) is 0 Å². The highest BCUT2D eigenvalue weighted by atomic mass is 79.9. The van der Waals surface area contributed by atoms with E-state index < -0.39 is 51.8 Å². The highest BCUT2D eigenvalue weighted by Gasteiger charge is 2.74. The fraction of sp³-hybridized carbons (Fsp3) is 0.154. The lowest BCUT2D eigenvalue weighted by Gasteiger charge is -2.27. The van der Waals surface area contributed by atoms with Gasteiger partial charge in [0, 0.05) is 27.7 Å². The number of fused-ring (bicyclic) bond motifs is 3. The molecule has 3 aromatic rings. The molecule has 2 fully saturated rings. The molecule has 3 aromatic carbocycles. The maximum absolute atomic E-state index is 13.8. The van der Waals surface area contributed by atoms with Crippen molar-refractivity contribution in [1.82, 2.24) is 0 Å². The third-order valence-corrected chi connectivity index (χ3v) is 7.56. The van der Waals surface area contributed by atoms with Crippen LogP contribution >= 0.6 is 15.9 Å². The summed E-state index contributed by atoms with van der Waals surface area (Å²) in [5, 5.41) is 11.1. The number of nitro benzene ring substituents is 1. The van der Waals surface area contributed by atoms with Gasteiger partial charge in [-0.05, 0) is 29.8 Å². The Bertz CT molecular complexity index is 1460. The van der Waals surface area contributed by atoms with Gasteiger partial charge in [0.2, 0.25) is 29.0 Å². The van der Waals surface area contributed by atoms with Crippen LogP contribution in [0.2, 0.25) is 0 Å². The van der Waals surface area contributed by atoms with E-state index in [1.54, 1.807) is 36.4 Å². The van der Waals surface area contributed by atoms with Crippen LogP contribution in [-0.2, 0) is 14.3 Å². The molecule has 6 rings (SSSR count). The van der Waals surface area contributed by atoms with E-state index in [0.717, 1.165) is 9.37 Å². The number of hydrogen-bond acceptors (Lipinski definition) is 7. The third kappa shape index (κ3) is 2.85. The highest BCUT2D eigenvalue weighted by Crippen LogP contribution is 2.57. The first-order chi connectivity index (χ1) is 17.3. The average Bonchev–Trinajstić information content (AvgIpc) is 3.44. The summed E-state index contributed by atoms with van der Waals surface area (Å²) in [4.78, 5) is 66.4. The molecule has 36 heavy (non-hydrogen) atoms. The van der Waals surface area contributed by atoms with E-state index >= 15 is 0 Å². The fourth-order valence-corrected chi connectivity index (χ4v) is 5.71. The van der Waals surface area contributed by atoms with Gasteiger partial charge < -0.3 is 4.74 Å². The van der Waals surface area contributed by atoms with Gasteiger partial charge in [0.15, 0.2) is 0 Å². The van der Waals surface area contributed by atoms with E-state index in [1.165, 1.54) is 36.4 Å². The lowest BCUT2D eigenvalue weighted by Crippen LogP contribution is -2.51. The second kappa shape index (κ2) is 7.74. The molecule has 0 bridgehead atoms.